The molecule has 4 rings (SSSR count). The summed E-state index contributed by atoms with van der Waals surface area (Å²) in [5, 5.41) is 5.32. The summed E-state index contributed by atoms with van der Waals surface area (Å²) in [4.78, 5) is 22.6. The number of hydrogen-bond acceptors (Lipinski definition) is 4. The third-order valence-electron chi connectivity index (χ3n) is 4.82. The van der Waals surface area contributed by atoms with Gasteiger partial charge in [-0.05, 0) is 42.0 Å². The highest BCUT2D eigenvalue weighted by atomic mass is 35.5. The van der Waals surface area contributed by atoms with Gasteiger partial charge in [-0.2, -0.15) is 0 Å². The molecule has 0 aliphatic rings. The Morgan fingerprint density at radius 3 is 2.48 bits per heavy atom. The summed E-state index contributed by atoms with van der Waals surface area (Å²) in [6.07, 6.45) is 3.40. The van der Waals surface area contributed by atoms with Crippen LogP contribution >= 0.6 is 22.9 Å². The monoisotopic (exact) mass is 447 g/mol. The smallest absolute Gasteiger partial charge is 0.257 e. The zero-order valence-corrected chi connectivity index (χ0v) is 19.1. The van der Waals surface area contributed by atoms with Gasteiger partial charge in [-0.1, -0.05) is 50.6 Å². The second kappa shape index (κ2) is 8.61. The number of benzene rings is 1. The van der Waals surface area contributed by atoms with Crippen molar-refractivity contribution in [3.63, 3.8) is 0 Å². The van der Waals surface area contributed by atoms with Crippen molar-refractivity contribution in [2.45, 2.75) is 26.2 Å². The van der Waals surface area contributed by atoms with E-state index in [-0.39, 0.29) is 11.3 Å². The van der Waals surface area contributed by atoms with E-state index in [0.717, 1.165) is 27.4 Å². The molecule has 0 aliphatic carbocycles. The van der Waals surface area contributed by atoms with Crippen LogP contribution in [0.15, 0.2) is 72.4 Å². The van der Waals surface area contributed by atoms with Gasteiger partial charge in [-0.3, -0.25) is 14.8 Å². The third kappa shape index (κ3) is 4.84. The molecule has 4 aromatic rings. The van der Waals surface area contributed by atoms with Gasteiger partial charge in [0.15, 0.2) is 0 Å². The van der Waals surface area contributed by atoms with Crippen LogP contribution in [0.25, 0.3) is 21.7 Å². The molecule has 0 spiro atoms. The van der Waals surface area contributed by atoms with E-state index in [1.807, 2.05) is 48.0 Å². The van der Waals surface area contributed by atoms with Crippen molar-refractivity contribution in [3.05, 3.63) is 88.7 Å². The van der Waals surface area contributed by atoms with E-state index in [2.05, 4.69) is 48.2 Å². The van der Waals surface area contributed by atoms with Gasteiger partial charge >= 0.3 is 0 Å². The molecular weight excluding hydrogens is 426 g/mol. The highest BCUT2D eigenvalue weighted by Gasteiger charge is 2.17. The SMILES string of the molecule is CC(C)(C)c1cc(-c2cc(-c3ncc(C(=O)Nc4ccccc4)cc3Cl)cs2)ccn1. The molecule has 0 saturated carbocycles. The summed E-state index contributed by atoms with van der Waals surface area (Å²) >= 11 is 8.14. The van der Waals surface area contributed by atoms with Crippen LogP contribution in [-0.2, 0) is 5.41 Å². The lowest BCUT2D eigenvalue weighted by atomic mass is 9.90. The molecule has 31 heavy (non-hydrogen) atoms. The summed E-state index contributed by atoms with van der Waals surface area (Å²) in [7, 11) is 0. The number of rotatable bonds is 4. The lowest BCUT2D eigenvalue weighted by Gasteiger charge is -2.17. The van der Waals surface area contributed by atoms with Crippen LogP contribution in [0.2, 0.25) is 5.02 Å². The Morgan fingerprint density at radius 1 is 1.00 bits per heavy atom. The molecule has 0 radical (unpaired) electrons. The molecule has 1 N–H and O–H groups in total. The molecule has 3 heterocycles. The van der Waals surface area contributed by atoms with E-state index in [9.17, 15) is 4.79 Å². The number of pyridine rings is 2. The molecule has 0 unspecified atom stereocenters. The Hall–Kier alpha value is -3.02. The van der Waals surface area contributed by atoms with Crippen molar-refractivity contribution in [3.8, 4) is 21.7 Å². The number of carbonyl (C=O) groups is 1. The van der Waals surface area contributed by atoms with Crippen LogP contribution < -0.4 is 5.32 Å². The van der Waals surface area contributed by atoms with Gasteiger partial charge in [0.2, 0.25) is 0 Å². The fourth-order valence-electron chi connectivity index (χ4n) is 3.11. The Bertz CT molecular complexity index is 1230. The van der Waals surface area contributed by atoms with Crippen molar-refractivity contribution in [1.82, 2.24) is 9.97 Å². The first-order chi connectivity index (χ1) is 14.8. The van der Waals surface area contributed by atoms with Crippen LogP contribution in [-0.4, -0.2) is 15.9 Å². The lowest BCUT2D eigenvalue weighted by Crippen LogP contribution is -2.13. The second-order valence-electron chi connectivity index (χ2n) is 8.25. The first-order valence-electron chi connectivity index (χ1n) is 9.89. The minimum Gasteiger partial charge on any atom is -0.322 e. The van der Waals surface area contributed by atoms with Crippen molar-refractivity contribution >= 4 is 34.5 Å². The van der Waals surface area contributed by atoms with Crippen molar-refractivity contribution in [2.75, 3.05) is 5.32 Å². The minimum atomic E-state index is -0.246. The normalized spacial score (nSPS) is 11.4. The van der Waals surface area contributed by atoms with Gasteiger partial charge in [0.25, 0.3) is 5.91 Å². The topological polar surface area (TPSA) is 54.9 Å². The van der Waals surface area contributed by atoms with Crippen molar-refractivity contribution < 1.29 is 4.79 Å². The van der Waals surface area contributed by atoms with Crippen LogP contribution in [0.3, 0.4) is 0 Å². The number of thiophene rings is 1. The number of carbonyl (C=O) groups excluding carboxylic acids is 1. The molecule has 0 bridgehead atoms. The van der Waals surface area contributed by atoms with E-state index in [1.54, 1.807) is 23.6 Å². The zero-order valence-electron chi connectivity index (χ0n) is 17.5. The fourth-order valence-corrected chi connectivity index (χ4v) is 4.27. The number of nitrogens with zero attached hydrogens (tertiary/aromatic N) is 2. The summed E-state index contributed by atoms with van der Waals surface area (Å²) in [6, 6.07) is 17.2. The Labute approximate surface area is 191 Å². The second-order valence-corrected chi connectivity index (χ2v) is 9.57. The number of amides is 1. The van der Waals surface area contributed by atoms with E-state index >= 15 is 0 Å². The van der Waals surface area contributed by atoms with E-state index < -0.39 is 0 Å². The maximum Gasteiger partial charge on any atom is 0.257 e. The lowest BCUT2D eigenvalue weighted by molar-refractivity contribution is 0.102. The Kier molecular flexibility index (Phi) is 5.90. The molecule has 1 aromatic carbocycles. The maximum absolute atomic E-state index is 12.5. The highest BCUT2D eigenvalue weighted by Crippen LogP contribution is 2.36. The minimum absolute atomic E-state index is 0.0167. The van der Waals surface area contributed by atoms with E-state index in [4.69, 9.17) is 11.6 Å². The summed E-state index contributed by atoms with van der Waals surface area (Å²) < 4.78 is 0. The predicted octanol–water partition coefficient (Wildman–Crippen LogP) is 7.08. The first kappa shape index (κ1) is 21.2. The molecular formula is C25H22ClN3OS. The number of para-hydroxylation sites is 1. The van der Waals surface area contributed by atoms with Gasteiger partial charge in [-0.25, -0.2) is 0 Å². The van der Waals surface area contributed by atoms with Crippen LogP contribution in [0.5, 0.6) is 0 Å². The first-order valence-corrected chi connectivity index (χ1v) is 11.1. The number of hydrogen-bond donors (Lipinski definition) is 1. The van der Waals surface area contributed by atoms with Gasteiger partial charge in [0, 0.05) is 45.0 Å². The molecule has 0 aliphatic heterocycles. The van der Waals surface area contributed by atoms with E-state index in [1.165, 1.54) is 0 Å². The third-order valence-corrected chi connectivity index (χ3v) is 6.09. The zero-order chi connectivity index (χ0) is 22.0. The molecule has 0 atom stereocenters. The fraction of sp³-hybridized carbons (Fsp3) is 0.160. The molecule has 0 fully saturated rings. The molecule has 0 saturated heterocycles. The summed E-state index contributed by atoms with van der Waals surface area (Å²) in [5.74, 6) is -0.246. The Balaban J connectivity index is 1.57. The number of halogens is 1. The average Bonchev–Trinajstić information content (AvgIpc) is 3.24. The van der Waals surface area contributed by atoms with Crippen LogP contribution in [0, 0.1) is 0 Å². The summed E-state index contributed by atoms with van der Waals surface area (Å²) in [6.45, 7) is 6.45. The largest absolute Gasteiger partial charge is 0.322 e. The van der Waals surface area contributed by atoms with Gasteiger partial charge in [-0.15, -0.1) is 11.3 Å². The average molecular weight is 448 g/mol. The molecule has 6 heteroatoms. The van der Waals surface area contributed by atoms with Gasteiger partial charge in [0.05, 0.1) is 16.3 Å². The Morgan fingerprint density at radius 2 is 1.77 bits per heavy atom. The molecule has 156 valence electrons. The molecule has 3 aromatic heterocycles. The van der Waals surface area contributed by atoms with Crippen molar-refractivity contribution in [1.29, 1.82) is 0 Å². The van der Waals surface area contributed by atoms with Gasteiger partial charge in [0.1, 0.15) is 0 Å². The standard InChI is InChI=1S/C25H22ClN3OS/c1-25(2,3)22-13-16(9-10-27-22)21-12-18(15-31-21)23-20(26)11-17(14-28-23)24(30)29-19-7-5-4-6-8-19/h4-15H,1-3H3,(H,29,30). The maximum atomic E-state index is 12.5. The number of nitrogens with one attached hydrogen (secondary N) is 1. The number of aromatic nitrogens is 2. The molecule has 4 nitrogen and oxygen atoms in total. The molecule has 1 amide bonds. The predicted molar refractivity (Wildman–Crippen MR) is 129 cm³/mol. The van der Waals surface area contributed by atoms with Crippen molar-refractivity contribution in [2.24, 2.45) is 0 Å². The summed E-state index contributed by atoms with van der Waals surface area (Å²) in [5.41, 5.74) is 4.87. The highest BCUT2D eigenvalue weighted by molar-refractivity contribution is 7.14. The van der Waals surface area contributed by atoms with E-state index in [0.29, 0.717) is 16.3 Å². The van der Waals surface area contributed by atoms with Gasteiger partial charge < -0.3 is 5.32 Å². The van der Waals surface area contributed by atoms with Crippen LogP contribution in [0.1, 0.15) is 36.8 Å². The van der Waals surface area contributed by atoms with Crippen LogP contribution in [0.4, 0.5) is 5.69 Å². The number of anilines is 1. The quantitative estimate of drug-likeness (QED) is 0.363.